The highest BCUT2D eigenvalue weighted by Gasteiger charge is 2.53. The number of benzene rings is 2. The van der Waals surface area contributed by atoms with Crippen molar-refractivity contribution >= 4 is 17.8 Å². The van der Waals surface area contributed by atoms with Crippen LogP contribution in [0.4, 0.5) is 0 Å². The summed E-state index contributed by atoms with van der Waals surface area (Å²) in [6.45, 7) is 2.30. The second-order valence-electron chi connectivity index (χ2n) is 6.99. The van der Waals surface area contributed by atoms with Gasteiger partial charge in [0.2, 0.25) is 0 Å². The first-order valence-corrected chi connectivity index (χ1v) is 10.3. The summed E-state index contributed by atoms with van der Waals surface area (Å²) >= 11 is 0. The first kappa shape index (κ1) is 16.5. The minimum absolute atomic E-state index is 0.235. The Morgan fingerprint density at radius 2 is 1.43 bits per heavy atom. The fourth-order valence-electron chi connectivity index (χ4n) is 3.76. The van der Waals surface area contributed by atoms with Crippen molar-refractivity contribution in [3.63, 3.8) is 0 Å². The summed E-state index contributed by atoms with van der Waals surface area (Å²) in [6.07, 6.45) is 2.94. The molecule has 0 unspecified atom stereocenters. The molecule has 0 heterocycles. The van der Waals surface area contributed by atoms with E-state index in [2.05, 4.69) is 25.9 Å². The lowest BCUT2D eigenvalue weighted by atomic mass is 10.1. The molecule has 2 aromatic rings. The maximum absolute atomic E-state index is 14.0. The Morgan fingerprint density at radius 3 is 1.78 bits per heavy atom. The minimum Gasteiger partial charge on any atom is -0.314 e. The van der Waals surface area contributed by atoms with Gasteiger partial charge in [0.15, 0.2) is 0 Å². The number of rotatable bonds is 6. The van der Waals surface area contributed by atoms with Crippen LogP contribution in [0.3, 0.4) is 0 Å². The molecule has 0 aliphatic heterocycles. The average molecular weight is 327 g/mol. The van der Waals surface area contributed by atoms with Gasteiger partial charge in [-0.25, -0.2) is 0 Å². The van der Waals surface area contributed by atoms with Gasteiger partial charge in [-0.1, -0.05) is 67.6 Å². The van der Waals surface area contributed by atoms with Crippen molar-refractivity contribution in [1.82, 2.24) is 4.90 Å². The standard InChI is InChI=1S/C20H26NOP/c1-17-16-20(17,21(2)3)14-15-23(22,18-10-6-4-7-11-18)19-12-8-5-9-13-19/h4-13,17H,14-16H2,1-3H3/t17-,20+/m0/s1. The van der Waals surface area contributed by atoms with Crippen molar-refractivity contribution in [2.45, 2.75) is 25.3 Å². The molecule has 0 radical (unpaired) electrons. The van der Waals surface area contributed by atoms with Gasteiger partial charge >= 0.3 is 0 Å². The summed E-state index contributed by atoms with van der Waals surface area (Å²) < 4.78 is 14.0. The quantitative estimate of drug-likeness (QED) is 0.754. The van der Waals surface area contributed by atoms with Gasteiger partial charge in [0, 0.05) is 22.3 Å². The molecule has 122 valence electrons. The minimum atomic E-state index is -2.57. The monoisotopic (exact) mass is 327 g/mol. The van der Waals surface area contributed by atoms with Crippen molar-refractivity contribution in [2.75, 3.05) is 20.3 Å². The molecule has 23 heavy (non-hydrogen) atoms. The van der Waals surface area contributed by atoms with E-state index in [1.54, 1.807) is 0 Å². The van der Waals surface area contributed by atoms with Crippen LogP contribution in [-0.2, 0) is 4.57 Å². The molecule has 0 aromatic heterocycles. The van der Waals surface area contributed by atoms with Crippen LogP contribution in [0.5, 0.6) is 0 Å². The summed E-state index contributed by atoms with van der Waals surface area (Å²) in [5.41, 5.74) is 0.235. The largest absolute Gasteiger partial charge is 0.314 e. The molecular weight excluding hydrogens is 301 g/mol. The third-order valence-electron chi connectivity index (χ3n) is 5.51. The summed E-state index contributed by atoms with van der Waals surface area (Å²) in [7, 11) is 1.73. The molecule has 0 amide bonds. The van der Waals surface area contributed by atoms with E-state index in [4.69, 9.17) is 0 Å². The molecule has 1 aliphatic rings. The molecule has 0 saturated heterocycles. The molecule has 3 rings (SSSR count). The number of hydrogen-bond acceptors (Lipinski definition) is 2. The highest BCUT2D eigenvalue weighted by molar-refractivity contribution is 7.78. The van der Waals surface area contributed by atoms with Crippen LogP contribution in [0.15, 0.2) is 60.7 Å². The first-order chi connectivity index (χ1) is 11.0. The Hall–Kier alpha value is -1.37. The van der Waals surface area contributed by atoms with Gasteiger partial charge in [0.25, 0.3) is 0 Å². The van der Waals surface area contributed by atoms with Gasteiger partial charge in [0.1, 0.15) is 7.14 Å². The maximum Gasteiger partial charge on any atom is 0.143 e. The topological polar surface area (TPSA) is 20.3 Å². The summed E-state index contributed by atoms with van der Waals surface area (Å²) in [6, 6.07) is 20.0. The summed E-state index contributed by atoms with van der Waals surface area (Å²) in [4.78, 5) is 2.33. The van der Waals surface area contributed by atoms with Gasteiger partial charge in [0.05, 0.1) is 0 Å². The zero-order valence-electron chi connectivity index (χ0n) is 14.3. The molecule has 1 aliphatic carbocycles. The Kier molecular flexibility index (Phi) is 4.49. The van der Waals surface area contributed by atoms with E-state index in [1.807, 2.05) is 60.7 Å². The van der Waals surface area contributed by atoms with E-state index >= 15 is 0 Å². The molecule has 1 saturated carbocycles. The SMILES string of the molecule is C[C@H]1C[C@@]1(CCP(=O)(c1ccccc1)c1ccccc1)N(C)C. The highest BCUT2D eigenvalue weighted by atomic mass is 31.2. The van der Waals surface area contributed by atoms with E-state index in [0.717, 1.165) is 23.2 Å². The molecular formula is C20H26NOP. The molecule has 2 aromatic carbocycles. The normalized spacial score (nSPS) is 23.9. The van der Waals surface area contributed by atoms with E-state index in [9.17, 15) is 4.57 Å². The molecule has 2 nitrogen and oxygen atoms in total. The lowest BCUT2D eigenvalue weighted by Crippen LogP contribution is -2.34. The molecule has 0 spiro atoms. The second kappa shape index (κ2) is 6.26. The van der Waals surface area contributed by atoms with Crippen LogP contribution >= 0.6 is 7.14 Å². The van der Waals surface area contributed by atoms with Crippen LogP contribution in [0.1, 0.15) is 19.8 Å². The van der Waals surface area contributed by atoms with E-state index < -0.39 is 7.14 Å². The maximum atomic E-state index is 14.0. The lowest BCUT2D eigenvalue weighted by molar-refractivity contribution is 0.246. The van der Waals surface area contributed by atoms with Gasteiger partial charge in [-0.15, -0.1) is 0 Å². The third kappa shape index (κ3) is 3.03. The van der Waals surface area contributed by atoms with Crippen molar-refractivity contribution in [3.8, 4) is 0 Å². The zero-order chi connectivity index (χ0) is 16.5. The fraction of sp³-hybridized carbons (Fsp3) is 0.400. The molecule has 0 N–H and O–H groups in total. The van der Waals surface area contributed by atoms with Crippen LogP contribution < -0.4 is 10.6 Å². The van der Waals surface area contributed by atoms with Crippen molar-refractivity contribution in [3.05, 3.63) is 60.7 Å². The third-order valence-corrected chi connectivity index (χ3v) is 8.63. The van der Waals surface area contributed by atoms with Crippen molar-refractivity contribution in [2.24, 2.45) is 5.92 Å². The second-order valence-corrected chi connectivity index (χ2v) is 9.95. The van der Waals surface area contributed by atoms with Crippen LogP contribution in [-0.4, -0.2) is 30.7 Å². The number of nitrogens with zero attached hydrogens (tertiary/aromatic N) is 1. The molecule has 3 heteroatoms. The van der Waals surface area contributed by atoms with Crippen LogP contribution in [0.25, 0.3) is 0 Å². The summed E-state index contributed by atoms with van der Waals surface area (Å²) in [5.74, 6) is 0.692. The lowest BCUT2D eigenvalue weighted by Gasteiger charge is -2.28. The van der Waals surface area contributed by atoms with Gasteiger partial charge in [-0.3, -0.25) is 0 Å². The first-order valence-electron chi connectivity index (χ1n) is 8.37. The number of hydrogen-bond donors (Lipinski definition) is 0. The summed E-state index contributed by atoms with van der Waals surface area (Å²) in [5, 5.41) is 1.96. The van der Waals surface area contributed by atoms with E-state index in [-0.39, 0.29) is 5.54 Å². The van der Waals surface area contributed by atoms with Crippen molar-refractivity contribution in [1.29, 1.82) is 0 Å². The predicted molar refractivity (Wildman–Crippen MR) is 99.4 cm³/mol. The van der Waals surface area contributed by atoms with Gasteiger partial charge in [-0.05, 0) is 32.9 Å². The highest BCUT2D eigenvalue weighted by Crippen LogP contribution is 2.54. The zero-order valence-corrected chi connectivity index (χ0v) is 15.2. The fourth-order valence-corrected chi connectivity index (χ4v) is 6.59. The molecule has 2 atom stereocenters. The average Bonchev–Trinajstić information content (AvgIpc) is 3.26. The van der Waals surface area contributed by atoms with Gasteiger partial charge in [-0.2, -0.15) is 0 Å². The van der Waals surface area contributed by atoms with Gasteiger partial charge < -0.3 is 9.46 Å². The smallest absolute Gasteiger partial charge is 0.143 e. The van der Waals surface area contributed by atoms with E-state index in [0.29, 0.717) is 5.92 Å². The Labute approximate surface area is 139 Å². The molecule has 0 bridgehead atoms. The van der Waals surface area contributed by atoms with Crippen molar-refractivity contribution < 1.29 is 4.57 Å². The predicted octanol–water partition coefficient (Wildman–Crippen LogP) is 3.73. The van der Waals surface area contributed by atoms with E-state index in [1.165, 1.54) is 6.42 Å². The Balaban J connectivity index is 1.93. The Bertz CT molecular complexity index is 655. The van der Waals surface area contributed by atoms with Crippen LogP contribution in [0.2, 0.25) is 0 Å². The molecule has 1 fully saturated rings. The Morgan fingerprint density at radius 1 is 1.00 bits per heavy atom. The van der Waals surface area contributed by atoms with Crippen LogP contribution in [0, 0.1) is 5.92 Å².